The van der Waals surface area contributed by atoms with Crippen LogP contribution in [0, 0.1) is 13.8 Å². The van der Waals surface area contributed by atoms with Crippen LogP contribution in [0.4, 0.5) is 4.39 Å². The molecule has 0 aromatic heterocycles. The van der Waals surface area contributed by atoms with Crippen molar-refractivity contribution in [2.75, 3.05) is 0 Å². The van der Waals surface area contributed by atoms with Gasteiger partial charge in [-0.1, -0.05) is 12.1 Å². The zero-order valence-electron chi connectivity index (χ0n) is 7.95. The van der Waals surface area contributed by atoms with Crippen LogP contribution < -0.4 is 4.74 Å². The summed E-state index contributed by atoms with van der Waals surface area (Å²) in [4.78, 5) is 10.2. The highest BCUT2D eigenvalue weighted by Crippen LogP contribution is 2.20. The lowest BCUT2D eigenvalue weighted by molar-refractivity contribution is -0.153. The molecule has 0 spiro atoms. The quantitative estimate of drug-likeness (QED) is 0.808. The van der Waals surface area contributed by atoms with Gasteiger partial charge in [-0.25, -0.2) is 4.79 Å². The molecule has 0 radical (unpaired) electrons. The molecule has 0 saturated heterocycles. The maximum atomic E-state index is 12.7. The van der Waals surface area contributed by atoms with Crippen molar-refractivity contribution in [1.82, 2.24) is 0 Å². The second-order valence-electron chi connectivity index (χ2n) is 3.04. The molecular weight excluding hydrogens is 187 g/mol. The third-order valence-corrected chi connectivity index (χ3v) is 1.77. The number of halogens is 1. The molecule has 0 amide bonds. The third-order valence-electron chi connectivity index (χ3n) is 1.77. The monoisotopic (exact) mass is 198 g/mol. The number of carbonyl (C=O) groups is 1. The molecule has 1 atom stereocenters. The van der Waals surface area contributed by atoms with E-state index in [4.69, 9.17) is 5.11 Å². The molecule has 0 fully saturated rings. The van der Waals surface area contributed by atoms with Crippen LogP contribution in [-0.2, 0) is 4.79 Å². The van der Waals surface area contributed by atoms with Crippen molar-refractivity contribution >= 4 is 5.97 Å². The fraction of sp³-hybridized carbons (Fsp3) is 0.300. The Morgan fingerprint density at radius 2 is 2.14 bits per heavy atom. The molecule has 76 valence electrons. The largest absolute Gasteiger partial charge is 0.476 e. The van der Waals surface area contributed by atoms with Gasteiger partial charge < -0.3 is 9.84 Å². The lowest BCUT2D eigenvalue weighted by Gasteiger charge is -2.10. The first kappa shape index (κ1) is 10.5. The van der Waals surface area contributed by atoms with Crippen LogP contribution in [0.25, 0.3) is 0 Å². The second-order valence-corrected chi connectivity index (χ2v) is 3.04. The molecule has 0 aliphatic carbocycles. The summed E-state index contributed by atoms with van der Waals surface area (Å²) < 4.78 is 17.3. The minimum absolute atomic E-state index is 0.264. The molecule has 0 bridgehead atoms. The minimum atomic E-state index is -2.31. The molecule has 0 saturated carbocycles. The highest BCUT2D eigenvalue weighted by molar-refractivity contribution is 5.71. The lowest BCUT2D eigenvalue weighted by Crippen LogP contribution is -2.21. The van der Waals surface area contributed by atoms with E-state index in [1.165, 1.54) is 0 Å². The van der Waals surface area contributed by atoms with Gasteiger partial charge in [0.15, 0.2) is 0 Å². The van der Waals surface area contributed by atoms with Crippen molar-refractivity contribution in [3.05, 3.63) is 29.3 Å². The highest BCUT2D eigenvalue weighted by atomic mass is 19.1. The summed E-state index contributed by atoms with van der Waals surface area (Å²) >= 11 is 0. The Balaban J connectivity index is 2.85. The first-order valence-corrected chi connectivity index (χ1v) is 4.11. The topological polar surface area (TPSA) is 46.5 Å². The molecule has 1 N–H and O–H groups in total. The molecule has 1 aromatic rings. The summed E-state index contributed by atoms with van der Waals surface area (Å²) in [6, 6.07) is 5.19. The van der Waals surface area contributed by atoms with Crippen LogP contribution in [0.15, 0.2) is 18.2 Å². The van der Waals surface area contributed by atoms with Crippen LogP contribution in [0.1, 0.15) is 11.1 Å². The Morgan fingerprint density at radius 1 is 1.50 bits per heavy atom. The predicted molar refractivity (Wildman–Crippen MR) is 49.1 cm³/mol. The number of benzene rings is 1. The van der Waals surface area contributed by atoms with Crippen molar-refractivity contribution in [2.45, 2.75) is 20.2 Å². The van der Waals surface area contributed by atoms with E-state index >= 15 is 0 Å². The number of rotatable bonds is 3. The highest BCUT2D eigenvalue weighted by Gasteiger charge is 2.17. The summed E-state index contributed by atoms with van der Waals surface area (Å²) in [6.45, 7) is 3.55. The van der Waals surface area contributed by atoms with E-state index in [-0.39, 0.29) is 5.75 Å². The number of aliphatic carboxylic acids is 1. The van der Waals surface area contributed by atoms with E-state index in [9.17, 15) is 9.18 Å². The van der Waals surface area contributed by atoms with E-state index in [0.29, 0.717) is 5.56 Å². The number of alkyl halides is 1. The Morgan fingerprint density at radius 3 is 2.71 bits per heavy atom. The number of ether oxygens (including phenoxy) is 1. The molecule has 1 unspecified atom stereocenters. The zero-order chi connectivity index (χ0) is 10.7. The van der Waals surface area contributed by atoms with Gasteiger partial charge in [-0.3, -0.25) is 0 Å². The van der Waals surface area contributed by atoms with E-state index in [1.54, 1.807) is 19.1 Å². The summed E-state index contributed by atoms with van der Waals surface area (Å²) in [6.07, 6.45) is -2.31. The fourth-order valence-corrected chi connectivity index (χ4v) is 0.996. The molecule has 3 nitrogen and oxygen atoms in total. The summed E-state index contributed by atoms with van der Waals surface area (Å²) in [5.41, 5.74) is 1.60. The molecular formula is C10H11FO3. The van der Waals surface area contributed by atoms with Crippen LogP contribution in [0.5, 0.6) is 5.75 Å². The van der Waals surface area contributed by atoms with Crippen LogP contribution in [-0.4, -0.2) is 17.4 Å². The number of aryl methyl sites for hydroxylation is 2. The maximum absolute atomic E-state index is 12.7. The van der Waals surface area contributed by atoms with Gasteiger partial charge >= 0.3 is 12.3 Å². The van der Waals surface area contributed by atoms with Crippen molar-refractivity contribution in [3.8, 4) is 5.75 Å². The lowest BCUT2D eigenvalue weighted by atomic mass is 10.1. The first-order valence-electron chi connectivity index (χ1n) is 4.11. The molecule has 0 heterocycles. The van der Waals surface area contributed by atoms with Crippen molar-refractivity contribution in [1.29, 1.82) is 0 Å². The van der Waals surface area contributed by atoms with Gasteiger partial charge in [-0.15, -0.1) is 0 Å². The minimum Gasteiger partial charge on any atom is -0.476 e. The van der Waals surface area contributed by atoms with E-state index < -0.39 is 12.3 Å². The van der Waals surface area contributed by atoms with Gasteiger partial charge in [0.05, 0.1) is 0 Å². The van der Waals surface area contributed by atoms with Gasteiger partial charge in [-0.2, -0.15) is 4.39 Å². The van der Waals surface area contributed by atoms with E-state index in [0.717, 1.165) is 5.56 Å². The Bertz CT molecular complexity index is 349. The standard InChI is InChI=1S/C10H11FO3/c1-6-3-4-7(2)8(5-6)14-9(11)10(12)13/h3-5,9H,1-2H3,(H,12,13). The second kappa shape index (κ2) is 4.09. The van der Waals surface area contributed by atoms with E-state index in [1.807, 2.05) is 13.0 Å². The molecule has 14 heavy (non-hydrogen) atoms. The first-order chi connectivity index (χ1) is 6.50. The third kappa shape index (κ3) is 2.45. The summed E-state index contributed by atoms with van der Waals surface area (Å²) in [5, 5.41) is 8.30. The zero-order valence-corrected chi connectivity index (χ0v) is 7.95. The average molecular weight is 198 g/mol. The van der Waals surface area contributed by atoms with Crippen LogP contribution in [0.3, 0.4) is 0 Å². The molecule has 0 aliphatic rings. The van der Waals surface area contributed by atoms with Crippen molar-refractivity contribution in [2.24, 2.45) is 0 Å². The number of carboxylic acids is 1. The predicted octanol–water partition coefficient (Wildman–Crippen LogP) is 2.06. The SMILES string of the molecule is Cc1ccc(C)c(OC(F)C(=O)O)c1. The number of hydrogen-bond donors (Lipinski definition) is 1. The van der Waals surface area contributed by atoms with Gasteiger partial charge in [0.1, 0.15) is 5.75 Å². The molecule has 4 heteroatoms. The van der Waals surface area contributed by atoms with E-state index in [2.05, 4.69) is 4.74 Å². The molecule has 0 aliphatic heterocycles. The Labute approximate surface area is 81.1 Å². The maximum Gasteiger partial charge on any atom is 0.378 e. The summed E-state index contributed by atoms with van der Waals surface area (Å²) in [7, 11) is 0. The number of carboxylic acid groups (broad SMARTS) is 1. The van der Waals surface area contributed by atoms with Gasteiger partial charge in [0, 0.05) is 0 Å². The Hall–Kier alpha value is -1.58. The van der Waals surface area contributed by atoms with Crippen molar-refractivity contribution < 1.29 is 19.0 Å². The van der Waals surface area contributed by atoms with Gasteiger partial charge in [0.2, 0.25) is 0 Å². The van der Waals surface area contributed by atoms with Gasteiger partial charge in [-0.05, 0) is 31.0 Å². The molecule has 1 aromatic carbocycles. The van der Waals surface area contributed by atoms with Crippen molar-refractivity contribution in [3.63, 3.8) is 0 Å². The Kier molecular flexibility index (Phi) is 3.06. The number of hydrogen-bond acceptors (Lipinski definition) is 2. The van der Waals surface area contributed by atoms with Crippen LogP contribution in [0.2, 0.25) is 0 Å². The normalized spacial score (nSPS) is 12.2. The summed E-state index contributed by atoms with van der Waals surface area (Å²) in [5.74, 6) is -1.36. The van der Waals surface area contributed by atoms with Gasteiger partial charge in [0.25, 0.3) is 0 Å². The smallest absolute Gasteiger partial charge is 0.378 e. The fourth-order valence-electron chi connectivity index (χ4n) is 0.996. The van der Waals surface area contributed by atoms with Crippen LogP contribution >= 0.6 is 0 Å². The average Bonchev–Trinajstić information content (AvgIpc) is 2.11. The molecule has 1 rings (SSSR count).